The summed E-state index contributed by atoms with van der Waals surface area (Å²) in [6.45, 7) is 7.88. The molecule has 1 aliphatic rings. The largest absolute Gasteiger partial charge is 0.509 e. The second kappa shape index (κ2) is 10.4. The van der Waals surface area contributed by atoms with Gasteiger partial charge < -0.3 is 19.1 Å². The number of anilines is 3. The number of ether oxygens (including phenoxy) is 1. The topological polar surface area (TPSA) is 33.5 Å². The minimum Gasteiger partial charge on any atom is -0.509 e. The molecule has 0 fully saturated rings. The average molecular weight is 720 g/mol. The maximum absolute atomic E-state index is 9.12. The zero-order valence-electron chi connectivity index (χ0n) is 26.1. The second-order valence-electron chi connectivity index (χ2n) is 10.9. The SMILES string of the molecule is [2H]c1nc(-n2c3[c-]c(Oc4[c-]c(N5[CH-]N(C)c6ccccc65)ccc4)ccc3c3ccccc32)c([2H])c(C(C)(C)C)c1[2H].[Pt]. The molecule has 7 rings (SSSR count). The van der Waals surface area contributed by atoms with Crippen molar-refractivity contribution >= 4 is 38.9 Å². The van der Waals surface area contributed by atoms with Crippen LogP contribution in [0.15, 0.2) is 97.1 Å². The Balaban J connectivity index is 0.00000343. The third-order valence-corrected chi connectivity index (χ3v) is 7.14. The Morgan fingerprint density at radius 3 is 2.44 bits per heavy atom. The molecule has 0 radical (unpaired) electrons. The molecule has 0 aliphatic carbocycles. The van der Waals surface area contributed by atoms with Crippen LogP contribution in [0, 0.1) is 18.8 Å². The van der Waals surface area contributed by atoms with Crippen LogP contribution in [0.25, 0.3) is 27.6 Å². The van der Waals surface area contributed by atoms with Gasteiger partial charge in [-0.3, -0.25) is 0 Å². The Morgan fingerprint density at radius 2 is 1.61 bits per heavy atom. The molecule has 208 valence electrons. The van der Waals surface area contributed by atoms with Gasteiger partial charge in [0.25, 0.3) is 0 Å². The van der Waals surface area contributed by atoms with Crippen molar-refractivity contribution in [3.63, 3.8) is 0 Å². The van der Waals surface area contributed by atoms with Crippen molar-refractivity contribution in [3.05, 3.63) is 121 Å². The van der Waals surface area contributed by atoms with E-state index in [-0.39, 0.29) is 39.3 Å². The minimum atomic E-state index is -0.513. The Kier molecular flexibility index (Phi) is 5.98. The van der Waals surface area contributed by atoms with Crippen LogP contribution in [0.1, 0.15) is 30.4 Å². The molecule has 0 spiro atoms. The molecule has 1 aliphatic heterocycles. The molecule has 0 bridgehead atoms. The number of rotatable bonds is 4. The van der Waals surface area contributed by atoms with E-state index >= 15 is 0 Å². The first kappa shape index (κ1) is 23.6. The molecule has 0 unspecified atom stereocenters. The number of fused-ring (bicyclic) bond motifs is 4. The van der Waals surface area contributed by atoms with Crippen molar-refractivity contribution in [3.8, 4) is 17.3 Å². The first-order valence-electron chi connectivity index (χ1n) is 14.7. The van der Waals surface area contributed by atoms with Crippen LogP contribution in [-0.4, -0.2) is 16.6 Å². The van der Waals surface area contributed by atoms with Crippen LogP contribution in [0.3, 0.4) is 0 Å². The fourth-order valence-electron chi connectivity index (χ4n) is 5.15. The van der Waals surface area contributed by atoms with Crippen molar-refractivity contribution in [2.45, 2.75) is 26.2 Å². The van der Waals surface area contributed by atoms with Crippen molar-refractivity contribution in [1.29, 1.82) is 0 Å². The van der Waals surface area contributed by atoms with E-state index in [4.69, 9.17) is 8.85 Å². The standard InChI is InChI=1S/C35H29N4O.Pt/c1-35(2,3)24-18-19-36-34(20-24)39-30-13-6-5-12-28(30)29-17-16-27(22-33(29)39)40-26-11-9-10-25(21-26)38-23-37(4)31-14-7-8-15-32(31)38;/h5-20,23H,1-4H3;/q-3;/i18D,19D,20D;. The van der Waals surface area contributed by atoms with Gasteiger partial charge in [0, 0.05) is 55.6 Å². The molecule has 3 heterocycles. The Bertz CT molecular complexity index is 2050. The number of benzene rings is 4. The number of nitrogens with zero attached hydrogens (tertiary/aromatic N) is 4. The maximum Gasteiger partial charge on any atom is 0.135 e. The number of pyridine rings is 1. The predicted octanol–water partition coefficient (Wildman–Crippen LogP) is 8.57. The van der Waals surface area contributed by atoms with Crippen molar-refractivity contribution in [2.24, 2.45) is 0 Å². The third kappa shape index (κ3) is 4.79. The number of aromatic nitrogens is 2. The molecule has 6 heteroatoms. The molecule has 41 heavy (non-hydrogen) atoms. The summed E-state index contributed by atoms with van der Waals surface area (Å²) >= 11 is 0. The fraction of sp³-hybridized carbons (Fsp3) is 0.143. The van der Waals surface area contributed by atoms with Crippen LogP contribution in [0.2, 0.25) is 0 Å². The van der Waals surface area contributed by atoms with Gasteiger partial charge >= 0.3 is 0 Å². The molecule has 5 nitrogen and oxygen atoms in total. The van der Waals surface area contributed by atoms with Crippen LogP contribution < -0.4 is 14.5 Å². The molecule has 0 atom stereocenters. The van der Waals surface area contributed by atoms with E-state index in [0.29, 0.717) is 28.4 Å². The van der Waals surface area contributed by atoms with Gasteiger partial charge in [-0.2, -0.15) is 18.8 Å². The molecular formula is C35H29N4OPt-3. The van der Waals surface area contributed by atoms with E-state index in [2.05, 4.69) is 39.0 Å². The Labute approximate surface area is 259 Å². The summed E-state index contributed by atoms with van der Waals surface area (Å²) < 4.78 is 34.3. The normalized spacial score (nSPS) is 14.0. The van der Waals surface area contributed by atoms with Crippen LogP contribution in [0.4, 0.5) is 17.1 Å². The Hall–Kier alpha value is -4.08. The van der Waals surface area contributed by atoms with E-state index in [1.165, 1.54) is 0 Å². The van der Waals surface area contributed by atoms with E-state index in [0.717, 1.165) is 33.4 Å². The molecule has 0 saturated heterocycles. The third-order valence-electron chi connectivity index (χ3n) is 7.14. The van der Waals surface area contributed by atoms with Crippen molar-refractivity contribution in [2.75, 3.05) is 16.8 Å². The summed E-state index contributed by atoms with van der Waals surface area (Å²) in [5, 5.41) is 1.90. The molecule has 6 aromatic rings. The predicted molar refractivity (Wildman–Crippen MR) is 163 cm³/mol. The molecule has 0 amide bonds. The molecule has 4 aromatic carbocycles. The van der Waals surface area contributed by atoms with E-state index < -0.39 is 5.41 Å². The van der Waals surface area contributed by atoms with Gasteiger partial charge in [0.2, 0.25) is 0 Å². The van der Waals surface area contributed by atoms with Crippen molar-refractivity contribution < 1.29 is 29.9 Å². The number of hydrogen-bond acceptors (Lipinski definition) is 4. The monoisotopic (exact) mass is 719 g/mol. The van der Waals surface area contributed by atoms with Gasteiger partial charge in [0.15, 0.2) is 0 Å². The fourth-order valence-corrected chi connectivity index (χ4v) is 5.15. The summed E-state index contributed by atoms with van der Waals surface area (Å²) in [5.41, 5.74) is 4.51. The zero-order valence-corrected chi connectivity index (χ0v) is 25.4. The van der Waals surface area contributed by atoms with Crippen LogP contribution in [0.5, 0.6) is 11.5 Å². The summed E-state index contributed by atoms with van der Waals surface area (Å²) in [6.07, 6.45) is -0.161. The van der Waals surface area contributed by atoms with Gasteiger partial charge in [-0.15, -0.1) is 41.4 Å². The first-order chi connectivity index (χ1) is 20.6. The quantitative estimate of drug-likeness (QED) is 0.171. The second-order valence-corrected chi connectivity index (χ2v) is 10.9. The van der Waals surface area contributed by atoms with Gasteiger partial charge in [-0.25, -0.2) is 4.98 Å². The number of hydrogen-bond donors (Lipinski definition) is 0. The van der Waals surface area contributed by atoms with E-state index in [1.807, 2.05) is 106 Å². The van der Waals surface area contributed by atoms with Crippen LogP contribution in [-0.2, 0) is 26.5 Å². The van der Waals surface area contributed by atoms with E-state index in [9.17, 15) is 0 Å². The number of para-hydroxylation sites is 3. The summed E-state index contributed by atoms with van der Waals surface area (Å²) in [5.74, 6) is 1.32. The van der Waals surface area contributed by atoms with Crippen molar-refractivity contribution in [1.82, 2.24) is 9.55 Å². The average Bonchev–Trinajstić information content (AvgIpc) is 3.49. The maximum atomic E-state index is 9.12. The molecular weight excluding hydrogens is 687 g/mol. The van der Waals surface area contributed by atoms with Gasteiger partial charge in [0.05, 0.1) is 4.11 Å². The van der Waals surface area contributed by atoms with Gasteiger partial charge in [-0.1, -0.05) is 56.6 Å². The summed E-state index contributed by atoms with van der Waals surface area (Å²) in [7, 11) is 2.02. The molecule has 0 N–H and O–H groups in total. The Morgan fingerprint density at radius 1 is 0.854 bits per heavy atom. The smallest absolute Gasteiger partial charge is 0.135 e. The first-order valence-corrected chi connectivity index (χ1v) is 13.2. The molecule has 2 aromatic heterocycles. The summed E-state index contributed by atoms with van der Waals surface area (Å²) in [4.78, 5) is 8.61. The minimum absolute atomic E-state index is 0. The van der Waals surface area contributed by atoms with Gasteiger partial charge in [0.1, 0.15) is 5.82 Å². The molecule has 0 saturated carbocycles. The van der Waals surface area contributed by atoms with E-state index in [1.54, 1.807) is 0 Å². The zero-order chi connectivity index (χ0) is 30.0. The van der Waals surface area contributed by atoms with Gasteiger partial charge in [-0.05, 0) is 53.7 Å². The summed E-state index contributed by atoms with van der Waals surface area (Å²) in [6, 6.07) is 32.7. The van der Waals surface area contributed by atoms with Crippen LogP contribution >= 0.6 is 0 Å².